The number of aromatic nitrogens is 1. The zero-order valence-electron chi connectivity index (χ0n) is 15.7. The summed E-state index contributed by atoms with van der Waals surface area (Å²) in [5.74, 6) is 2.64. The van der Waals surface area contributed by atoms with Crippen LogP contribution in [0.1, 0.15) is 56.5 Å². The summed E-state index contributed by atoms with van der Waals surface area (Å²) < 4.78 is 22.7. The lowest BCUT2D eigenvalue weighted by Crippen LogP contribution is -2.28. The lowest BCUT2D eigenvalue weighted by atomic mass is 9.97. The molecular formula is C20H27NO4. The molecule has 2 heterocycles. The zero-order valence-corrected chi connectivity index (χ0v) is 15.7. The van der Waals surface area contributed by atoms with E-state index in [4.69, 9.17) is 18.6 Å². The molecule has 1 aliphatic heterocycles. The third-order valence-corrected chi connectivity index (χ3v) is 4.33. The summed E-state index contributed by atoms with van der Waals surface area (Å²) in [7, 11) is 0. The molecule has 1 saturated heterocycles. The second kappa shape index (κ2) is 7.18. The van der Waals surface area contributed by atoms with E-state index in [0.29, 0.717) is 19.8 Å². The van der Waals surface area contributed by atoms with Crippen LogP contribution in [0.3, 0.4) is 0 Å². The standard InChI is InChI=1S/C20H27NO4/c1-13-18(21-19(25-13)20(3,4)5)12-24-17-8-6-15(7-9-17)16-10-22-14(2)23-11-16/h6-9,14,16H,10-12H2,1-5H3. The molecule has 1 aromatic heterocycles. The highest BCUT2D eigenvalue weighted by Crippen LogP contribution is 2.26. The van der Waals surface area contributed by atoms with Gasteiger partial charge in [0.05, 0.1) is 13.2 Å². The Morgan fingerprint density at radius 2 is 1.76 bits per heavy atom. The second-order valence-electron chi connectivity index (χ2n) is 7.56. The lowest BCUT2D eigenvalue weighted by Gasteiger charge is -2.27. The summed E-state index contributed by atoms with van der Waals surface area (Å²) >= 11 is 0. The van der Waals surface area contributed by atoms with Crippen molar-refractivity contribution in [2.45, 2.75) is 58.8 Å². The molecule has 0 spiro atoms. The minimum absolute atomic E-state index is 0.105. The minimum Gasteiger partial charge on any atom is -0.487 e. The van der Waals surface area contributed by atoms with Gasteiger partial charge in [-0.3, -0.25) is 0 Å². The van der Waals surface area contributed by atoms with Crippen LogP contribution in [-0.2, 0) is 21.5 Å². The molecule has 2 aromatic rings. The largest absolute Gasteiger partial charge is 0.487 e. The molecule has 0 N–H and O–H groups in total. The normalized spacial score (nSPS) is 21.3. The van der Waals surface area contributed by atoms with Gasteiger partial charge in [0.2, 0.25) is 0 Å². The number of hydrogen-bond donors (Lipinski definition) is 0. The van der Waals surface area contributed by atoms with Crippen molar-refractivity contribution in [1.29, 1.82) is 0 Å². The Labute approximate surface area is 149 Å². The van der Waals surface area contributed by atoms with E-state index >= 15 is 0 Å². The first-order valence-corrected chi connectivity index (χ1v) is 8.75. The Morgan fingerprint density at radius 1 is 1.12 bits per heavy atom. The van der Waals surface area contributed by atoms with Crippen LogP contribution in [0.5, 0.6) is 5.75 Å². The van der Waals surface area contributed by atoms with Crippen LogP contribution in [0.15, 0.2) is 28.7 Å². The first-order chi connectivity index (χ1) is 11.8. The summed E-state index contributed by atoms with van der Waals surface area (Å²) in [6.45, 7) is 11.9. The van der Waals surface area contributed by atoms with E-state index < -0.39 is 0 Å². The van der Waals surface area contributed by atoms with Gasteiger partial charge in [0.1, 0.15) is 23.8 Å². The molecule has 0 amide bonds. The monoisotopic (exact) mass is 345 g/mol. The van der Waals surface area contributed by atoms with Crippen molar-refractivity contribution in [1.82, 2.24) is 4.98 Å². The summed E-state index contributed by atoms with van der Waals surface area (Å²) in [4.78, 5) is 4.57. The Hall–Kier alpha value is -1.85. The highest BCUT2D eigenvalue weighted by atomic mass is 16.7. The van der Waals surface area contributed by atoms with Crippen molar-refractivity contribution in [2.75, 3.05) is 13.2 Å². The average molecular weight is 345 g/mol. The minimum atomic E-state index is -0.109. The summed E-state index contributed by atoms with van der Waals surface area (Å²) in [6, 6.07) is 8.10. The van der Waals surface area contributed by atoms with Crippen molar-refractivity contribution in [3.63, 3.8) is 0 Å². The van der Waals surface area contributed by atoms with Gasteiger partial charge in [-0.15, -0.1) is 0 Å². The Balaban J connectivity index is 1.60. The Kier molecular flexibility index (Phi) is 5.16. The first-order valence-electron chi connectivity index (χ1n) is 8.75. The Bertz CT molecular complexity index is 691. The topological polar surface area (TPSA) is 53.7 Å². The van der Waals surface area contributed by atoms with Gasteiger partial charge in [0, 0.05) is 11.3 Å². The molecule has 0 unspecified atom stereocenters. The molecule has 1 aliphatic rings. The summed E-state index contributed by atoms with van der Waals surface area (Å²) in [5, 5.41) is 0. The van der Waals surface area contributed by atoms with Gasteiger partial charge in [-0.05, 0) is 31.5 Å². The molecule has 25 heavy (non-hydrogen) atoms. The van der Waals surface area contributed by atoms with Crippen molar-refractivity contribution in [3.05, 3.63) is 47.2 Å². The molecule has 0 atom stereocenters. The molecular weight excluding hydrogens is 318 g/mol. The molecule has 0 aliphatic carbocycles. The van der Waals surface area contributed by atoms with Crippen molar-refractivity contribution in [2.24, 2.45) is 0 Å². The van der Waals surface area contributed by atoms with Crippen molar-refractivity contribution >= 4 is 0 Å². The van der Waals surface area contributed by atoms with Gasteiger partial charge in [-0.2, -0.15) is 0 Å². The van der Waals surface area contributed by atoms with Gasteiger partial charge in [-0.1, -0.05) is 32.9 Å². The van der Waals surface area contributed by atoms with Crippen LogP contribution in [0.25, 0.3) is 0 Å². The van der Waals surface area contributed by atoms with E-state index in [-0.39, 0.29) is 17.6 Å². The van der Waals surface area contributed by atoms with E-state index in [1.807, 2.05) is 26.0 Å². The van der Waals surface area contributed by atoms with Crippen LogP contribution >= 0.6 is 0 Å². The predicted octanol–water partition coefficient (Wildman–Crippen LogP) is 4.34. The predicted molar refractivity (Wildman–Crippen MR) is 94.8 cm³/mol. The zero-order chi connectivity index (χ0) is 18.0. The van der Waals surface area contributed by atoms with E-state index in [9.17, 15) is 0 Å². The lowest BCUT2D eigenvalue weighted by molar-refractivity contribution is -0.176. The molecule has 0 radical (unpaired) electrons. The van der Waals surface area contributed by atoms with E-state index in [1.165, 1.54) is 5.56 Å². The van der Waals surface area contributed by atoms with Crippen LogP contribution in [-0.4, -0.2) is 24.5 Å². The van der Waals surface area contributed by atoms with Crippen LogP contribution in [0, 0.1) is 6.92 Å². The molecule has 1 fully saturated rings. The quantitative estimate of drug-likeness (QED) is 0.825. The van der Waals surface area contributed by atoms with Crippen LogP contribution in [0.2, 0.25) is 0 Å². The van der Waals surface area contributed by atoms with E-state index in [0.717, 1.165) is 23.1 Å². The number of ether oxygens (including phenoxy) is 3. The maximum Gasteiger partial charge on any atom is 0.200 e. The number of rotatable bonds is 4. The fraction of sp³-hybridized carbons (Fsp3) is 0.550. The first kappa shape index (κ1) is 18.0. The molecule has 0 saturated carbocycles. The summed E-state index contributed by atoms with van der Waals surface area (Å²) in [5.41, 5.74) is 1.94. The fourth-order valence-electron chi connectivity index (χ4n) is 2.66. The van der Waals surface area contributed by atoms with Gasteiger partial charge >= 0.3 is 0 Å². The molecule has 3 rings (SSSR count). The molecule has 0 bridgehead atoms. The summed E-state index contributed by atoms with van der Waals surface area (Å²) in [6.07, 6.45) is -0.109. The average Bonchev–Trinajstić information content (AvgIpc) is 2.95. The van der Waals surface area contributed by atoms with Gasteiger partial charge in [-0.25, -0.2) is 4.98 Å². The highest BCUT2D eigenvalue weighted by molar-refractivity contribution is 5.30. The smallest absolute Gasteiger partial charge is 0.200 e. The Morgan fingerprint density at radius 3 is 2.32 bits per heavy atom. The van der Waals surface area contributed by atoms with Crippen LogP contribution < -0.4 is 4.74 Å². The van der Waals surface area contributed by atoms with E-state index in [1.54, 1.807) is 0 Å². The third kappa shape index (κ3) is 4.41. The maximum absolute atomic E-state index is 5.87. The van der Waals surface area contributed by atoms with Gasteiger partial charge in [0.15, 0.2) is 12.2 Å². The van der Waals surface area contributed by atoms with Crippen molar-refractivity contribution < 1.29 is 18.6 Å². The maximum atomic E-state index is 5.87. The van der Waals surface area contributed by atoms with E-state index in [2.05, 4.69) is 37.9 Å². The third-order valence-electron chi connectivity index (χ3n) is 4.33. The molecule has 5 nitrogen and oxygen atoms in total. The number of benzene rings is 1. The van der Waals surface area contributed by atoms with Gasteiger partial charge in [0.25, 0.3) is 0 Å². The second-order valence-corrected chi connectivity index (χ2v) is 7.56. The molecule has 136 valence electrons. The number of nitrogens with zero attached hydrogens (tertiary/aromatic N) is 1. The number of aryl methyl sites for hydroxylation is 1. The molecule has 5 heteroatoms. The van der Waals surface area contributed by atoms with Crippen LogP contribution in [0.4, 0.5) is 0 Å². The van der Waals surface area contributed by atoms with Gasteiger partial charge < -0.3 is 18.6 Å². The highest BCUT2D eigenvalue weighted by Gasteiger charge is 2.23. The van der Waals surface area contributed by atoms with Crippen molar-refractivity contribution in [3.8, 4) is 5.75 Å². The molecule has 1 aromatic carbocycles. The number of hydrogen-bond acceptors (Lipinski definition) is 5. The number of oxazole rings is 1. The fourth-order valence-corrected chi connectivity index (χ4v) is 2.66. The SMILES string of the molecule is Cc1oc(C(C)(C)C)nc1COc1ccc(C2COC(C)OC2)cc1.